The van der Waals surface area contributed by atoms with Crippen molar-refractivity contribution in [2.75, 3.05) is 7.11 Å². The number of carboxylic acid groups (broad SMARTS) is 2. The van der Waals surface area contributed by atoms with E-state index in [1.807, 2.05) is 13.0 Å². The molecule has 0 saturated heterocycles. The summed E-state index contributed by atoms with van der Waals surface area (Å²) in [6.45, 7) is 5.06. The topological polar surface area (TPSA) is 115 Å². The van der Waals surface area contributed by atoms with E-state index < -0.39 is 11.9 Å². The molecule has 7 nitrogen and oxygen atoms in total. The smallest absolute Gasteiger partial charge is 0.328 e. The molecule has 1 unspecified atom stereocenters. The van der Waals surface area contributed by atoms with E-state index in [1.165, 1.54) is 28.1 Å². The van der Waals surface area contributed by atoms with Crippen LogP contribution in [0, 0.1) is 6.92 Å². The first-order chi connectivity index (χ1) is 12.7. The van der Waals surface area contributed by atoms with Gasteiger partial charge in [0.2, 0.25) is 0 Å². The fraction of sp³-hybridized carbons (Fsp3) is 0.300. The number of hydrogen-bond acceptors (Lipinski definition) is 4. The molecule has 4 N–H and O–H groups in total. The number of carbonyl (C=O) groups is 2. The van der Waals surface area contributed by atoms with E-state index in [0.717, 1.165) is 18.7 Å². The second-order valence-corrected chi connectivity index (χ2v) is 6.46. The first-order valence-corrected chi connectivity index (χ1v) is 8.48. The van der Waals surface area contributed by atoms with E-state index in [4.69, 9.17) is 20.7 Å². The number of benzene rings is 1. The van der Waals surface area contributed by atoms with Crippen molar-refractivity contribution < 1.29 is 24.5 Å². The number of aromatic nitrogens is 1. The lowest BCUT2D eigenvalue weighted by molar-refractivity contribution is -0.134. The Balaban J connectivity index is 0.000000279. The monoisotopic (exact) mass is 372 g/mol. The molecule has 0 radical (unpaired) electrons. The molecule has 1 aliphatic carbocycles. The molecule has 0 bridgehead atoms. The summed E-state index contributed by atoms with van der Waals surface area (Å²) >= 11 is 0. The van der Waals surface area contributed by atoms with Gasteiger partial charge in [0.1, 0.15) is 5.75 Å². The first-order valence-electron chi connectivity index (χ1n) is 8.48. The highest BCUT2D eigenvalue weighted by Gasteiger charge is 2.24. The van der Waals surface area contributed by atoms with Gasteiger partial charge < -0.3 is 25.3 Å². The number of nitrogens with zero attached hydrogens (tertiary/aromatic N) is 1. The van der Waals surface area contributed by atoms with Crippen molar-refractivity contribution in [1.82, 2.24) is 4.57 Å². The van der Waals surface area contributed by atoms with Crippen LogP contribution in [-0.4, -0.2) is 39.9 Å². The van der Waals surface area contributed by atoms with Crippen LogP contribution in [0.4, 0.5) is 0 Å². The van der Waals surface area contributed by atoms with Gasteiger partial charge in [0, 0.05) is 42.4 Å². The maximum Gasteiger partial charge on any atom is 0.328 e. The van der Waals surface area contributed by atoms with E-state index >= 15 is 0 Å². The molecule has 2 aromatic rings. The molecule has 27 heavy (non-hydrogen) atoms. The van der Waals surface area contributed by atoms with E-state index in [2.05, 4.69) is 29.7 Å². The van der Waals surface area contributed by atoms with Gasteiger partial charge in [-0.1, -0.05) is 6.07 Å². The Bertz CT molecular complexity index is 865. The van der Waals surface area contributed by atoms with Crippen molar-refractivity contribution in [3.63, 3.8) is 0 Å². The number of hydrogen-bond donors (Lipinski definition) is 3. The molecule has 0 spiro atoms. The zero-order valence-electron chi connectivity index (χ0n) is 15.6. The third-order valence-corrected chi connectivity index (χ3v) is 4.18. The third kappa shape index (κ3) is 4.98. The van der Waals surface area contributed by atoms with Crippen molar-refractivity contribution in [3.8, 4) is 17.0 Å². The minimum Gasteiger partial charge on any atom is -0.497 e. The summed E-state index contributed by atoms with van der Waals surface area (Å²) < 4.78 is 7.69. The zero-order chi connectivity index (χ0) is 20.1. The molecular weight excluding hydrogens is 348 g/mol. The fourth-order valence-corrected chi connectivity index (χ4v) is 3.13. The zero-order valence-corrected chi connectivity index (χ0v) is 15.6. The van der Waals surface area contributed by atoms with Gasteiger partial charge in [-0.05, 0) is 43.2 Å². The predicted molar refractivity (Wildman–Crippen MR) is 102 cm³/mol. The summed E-state index contributed by atoms with van der Waals surface area (Å²) in [7, 11) is 1.71. The van der Waals surface area contributed by atoms with Crippen molar-refractivity contribution in [2.45, 2.75) is 32.9 Å². The largest absolute Gasteiger partial charge is 0.497 e. The van der Waals surface area contributed by atoms with Crippen molar-refractivity contribution in [3.05, 3.63) is 53.2 Å². The summed E-state index contributed by atoms with van der Waals surface area (Å²) in [5.74, 6) is -1.60. The lowest BCUT2D eigenvalue weighted by atomic mass is 10.1. The van der Waals surface area contributed by atoms with Crippen LogP contribution in [0.25, 0.3) is 11.3 Å². The summed E-state index contributed by atoms with van der Waals surface area (Å²) in [5.41, 5.74) is 12.7. The second-order valence-electron chi connectivity index (χ2n) is 6.46. The summed E-state index contributed by atoms with van der Waals surface area (Å²) in [4.78, 5) is 19.1. The Morgan fingerprint density at radius 1 is 1.22 bits per heavy atom. The van der Waals surface area contributed by atoms with Gasteiger partial charge in [-0.25, -0.2) is 9.59 Å². The number of nitrogens with two attached hydrogens (primary N) is 1. The molecule has 0 amide bonds. The number of carboxylic acids is 2. The van der Waals surface area contributed by atoms with E-state index in [1.54, 1.807) is 7.11 Å². The molecule has 1 aliphatic rings. The number of ether oxygens (including phenoxy) is 1. The molecule has 0 fully saturated rings. The van der Waals surface area contributed by atoms with Crippen LogP contribution in [0.5, 0.6) is 5.75 Å². The number of fused-ring (bicyclic) bond motifs is 3. The van der Waals surface area contributed by atoms with E-state index in [9.17, 15) is 9.59 Å². The van der Waals surface area contributed by atoms with Crippen molar-refractivity contribution in [1.29, 1.82) is 0 Å². The molecule has 1 aromatic heterocycles. The number of rotatable bonds is 5. The number of aliphatic carboxylic acids is 2. The molecule has 1 heterocycles. The lowest BCUT2D eigenvalue weighted by Crippen LogP contribution is -2.23. The molecular formula is C20H24N2O5. The number of methoxy groups -OCH3 is 1. The van der Waals surface area contributed by atoms with Crippen LogP contribution in [-0.2, 0) is 22.6 Å². The third-order valence-electron chi connectivity index (χ3n) is 4.18. The molecule has 1 aromatic carbocycles. The van der Waals surface area contributed by atoms with E-state index in [0.29, 0.717) is 12.2 Å². The summed E-state index contributed by atoms with van der Waals surface area (Å²) in [6, 6.07) is 8.78. The van der Waals surface area contributed by atoms with Crippen LogP contribution in [0.1, 0.15) is 23.7 Å². The lowest BCUT2D eigenvalue weighted by Gasteiger charge is -2.14. The number of aryl methyl sites for hydroxylation is 1. The molecule has 7 heteroatoms. The Labute approximate surface area is 157 Å². The van der Waals surface area contributed by atoms with Gasteiger partial charge in [0.25, 0.3) is 0 Å². The van der Waals surface area contributed by atoms with Crippen LogP contribution < -0.4 is 10.5 Å². The quantitative estimate of drug-likeness (QED) is 0.593. The Kier molecular flexibility index (Phi) is 6.41. The fourth-order valence-electron chi connectivity index (χ4n) is 3.13. The highest BCUT2D eigenvalue weighted by Crippen LogP contribution is 2.40. The average molecular weight is 372 g/mol. The molecule has 0 aliphatic heterocycles. The highest BCUT2D eigenvalue weighted by atomic mass is 16.5. The predicted octanol–water partition coefficient (Wildman–Crippen LogP) is 2.44. The van der Waals surface area contributed by atoms with Gasteiger partial charge in [0.05, 0.1) is 12.8 Å². The first kappa shape index (κ1) is 20.3. The Morgan fingerprint density at radius 2 is 1.85 bits per heavy atom. The van der Waals surface area contributed by atoms with Gasteiger partial charge in [0.15, 0.2) is 0 Å². The molecule has 144 valence electrons. The van der Waals surface area contributed by atoms with Crippen LogP contribution in [0.2, 0.25) is 0 Å². The molecule has 0 saturated carbocycles. The standard InChI is InChI=1S/C16H20N2O.C4H4O4/c1-10(17)9-18-11(2)6-13-7-12-4-5-14(19-3)8-15(12)16(13)18;5-3(6)1-2-4(7)8/h4-6,8,10H,7,9,17H2,1-3H3;1-2H,(H,5,6)(H,7,8)/b;2-1+. The van der Waals surface area contributed by atoms with Crippen LogP contribution in [0.3, 0.4) is 0 Å². The summed E-state index contributed by atoms with van der Waals surface area (Å²) in [5, 5.41) is 15.6. The Morgan fingerprint density at radius 3 is 2.37 bits per heavy atom. The maximum absolute atomic E-state index is 9.55. The van der Waals surface area contributed by atoms with Gasteiger partial charge in [-0.3, -0.25) is 0 Å². The van der Waals surface area contributed by atoms with Gasteiger partial charge in [-0.2, -0.15) is 0 Å². The average Bonchev–Trinajstić information content (AvgIpc) is 3.08. The van der Waals surface area contributed by atoms with Crippen molar-refractivity contribution in [2.24, 2.45) is 5.73 Å². The molecule has 3 rings (SSSR count). The second kappa shape index (κ2) is 8.55. The van der Waals surface area contributed by atoms with Crippen LogP contribution in [0.15, 0.2) is 36.4 Å². The minimum absolute atomic E-state index is 0.157. The maximum atomic E-state index is 9.55. The SMILES string of the molecule is COc1ccc2c(c1)-c1c(cc(C)n1CC(C)N)C2.O=C(O)/C=C/C(=O)O. The summed E-state index contributed by atoms with van der Waals surface area (Å²) in [6.07, 6.45) is 2.13. The normalized spacial score (nSPS) is 12.7. The van der Waals surface area contributed by atoms with Crippen molar-refractivity contribution >= 4 is 11.9 Å². The highest BCUT2D eigenvalue weighted by molar-refractivity contribution is 5.89. The Hall–Kier alpha value is -3.06. The minimum atomic E-state index is -1.26. The van der Waals surface area contributed by atoms with Crippen LogP contribution >= 0.6 is 0 Å². The van der Waals surface area contributed by atoms with Gasteiger partial charge in [-0.15, -0.1) is 0 Å². The molecule has 1 atom stereocenters. The van der Waals surface area contributed by atoms with E-state index in [-0.39, 0.29) is 6.04 Å². The van der Waals surface area contributed by atoms with Gasteiger partial charge >= 0.3 is 11.9 Å².